The SMILES string of the molecule is O=C(NCCc1cscn1)NCc1cccc(Cl)c1. The summed E-state index contributed by atoms with van der Waals surface area (Å²) in [6, 6.07) is 7.23. The van der Waals surface area contributed by atoms with Gasteiger partial charge in [0.25, 0.3) is 0 Å². The van der Waals surface area contributed by atoms with Gasteiger partial charge in [-0.05, 0) is 17.7 Å². The number of carbonyl (C=O) groups excluding carboxylic acids is 1. The van der Waals surface area contributed by atoms with E-state index in [0.29, 0.717) is 18.1 Å². The molecule has 2 amide bonds. The van der Waals surface area contributed by atoms with Crippen molar-refractivity contribution in [2.75, 3.05) is 6.54 Å². The fraction of sp³-hybridized carbons (Fsp3) is 0.231. The maximum absolute atomic E-state index is 11.6. The van der Waals surface area contributed by atoms with Gasteiger partial charge in [0.05, 0.1) is 11.2 Å². The average Bonchev–Trinajstić information content (AvgIpc) is 2.90. The molecule has 2 aromatic rings. The third-order valence-electron chi connectivity index (χ3n) is 2.49. The molecule has 1 aromatic heterocycles. The first-order valence-electron chi connectivity index (χ1n) is 5.87. The summed E-state index contributed by atoms with van der Waals surface area (Å²) in [6.45, 7) is 1.04. The first-order valence-corrected chi connectivity index (χ1v) is 7.19. The third-order valence-corrected chi connectivity index (χ3v) is 3.36. The largest absolute Gasteiger partial charge is 0.338 e. The number of halogens is 1. The van der Waals surface area contributed by atoms with Crippen LogP contribution in [0, 0.1) is 0 Å². The molecule has 0 aliphatic rings. The Balaban J connectivity index is 1.67. The van der Waals surface area contributed by atoms with Crippen LogP contribution in [0.15, 0.2) is 35.2 Å². The van der Waals surface area contributed by atoms with E-state index in [0.717, 1.165) is 17.7 Å². The second-order valence-corrected chi connectivity index (χ2v) is 5.12. The van der Waals surface area contributed by atoms with Crippen molar-refractivity contribution in [3.63, 3.8) is 0 Å². The third kappa shape index (κ3) is 4.89. The summed E-state index contributed by atoms with van der Waals surface area (Å²) >= 11 is 7.42. The standard InChI is InChI=1S/C13H14ClN3OS/c14-11-3-1-2-10(6-11)7-16-13(18)15-5-4-12-8-19-9-17-12/h1-3,6,8-9H,4-5,7H2,(H2,15,16,18). The van der Waals surface area contributed by atoms with Crippen molar-refractivity contribution in [3.05, 3.63) is 51.4 Å². The number of hydrogen-bond donors (Lipinski definition) is 2. The van der Waals surface area contributed by atoms with Gasteiger partial charge in [-0.1, -0.05) is 23.7 Å². The molecule has 19 heavy (non-hydrogen) atoms. The molecule has 4 nitrogen and oxygen atoms in total. The molecular weight excluding hydrogens is 282 g/mol. The average molecular weight is 296 g/mol. The highest BCUT2D eigenvalue weighted by molar-refractivity contribution is 7.07. The summed E-state index contributed by atoms with van der Waals surface area (Å²) in [6.07, 6.45) is 0.744. The maximum atomic E-state index is 11.6. The van der Waals surface area contributed by atoms with Crippen molar-refractivity contribution < 1.29 is 4.79 Å². The first-order chi connectivity index (χ1) is 9.24. The summed E-state index contributed by atoms with van der Waals surface area (Å²) in [7, 11) is 0. The zero-order valence-corrected chi connectivity index (χ0v) is 11.8. The summed E-state index contributed by atoms with van der Waals surface area (Å²) in [4.78, 5) is 15.7. The summed E-state index contributed by atoms with van der Waals surface area (Å²) in [5.74, 6) is 0. The van der Waals surface area contributed by atoms with Crippen LogP contribution in [0.3, 0.4) is 0 Å². The van der Waals surface area contributed by atoms with Crippen molar-refractivity contribution in [1.82, 2.24) is 15.6 Å². The molecule has 6 heteroatoms. The second kappa shape index (κ2) is 7.11. The van der Waals surface area contributed by atoms with Crippen molar-refractivity contribution in [2.45, 2.75) is 13.0 Å². The molecule has 0 fully saturated rings. The van der Waals surface area contributed by atoms with E-state index in [-0.39, 0.29) is 6.03 Å². The summed E-state index contributed by atoms with van der Waals surface area (Å²) in [5, 5.41) is 8.21. The zero-order valence-electron chi connectivity index (χ0n) is 10.2. The smallest absolute Gasteiger partial charge is 0.315 e. The van der Waals surface area contributed by atoms with Crippen LogP contribution in [0.4, 0.5) is 4.79 Å². The predicted molar refractivity (Wildman–Crippen MR) is 77.5 cm³/mol. The van der Waals surface area contributed by atoms with E-state index in [4.69, 9.17) is 11.6 Å². The van der Waals surface area contributed by atoms with Gasteiger partial charge in [-0.15, -0.1) is 11.3 Å². The molecule has 1 aromatic carbocycles. The molecule has 0 aliphatic carbocycles. The Morgan fingerprint density at radius 3 is 3.00 bits per heavy atom. The highest BCUT2D eigenvalue weighted by Crippen LogP contribution is 2.10. The zero-order chi connectivity index (χ0) is 13.5. The van der Waals surface area contributed by atoms with Gasteiger partial charge in [-0.25, -0.2) is 9.78 Å². The maximum Gasteiger partial charge on any atom is 0.315 e. The van der Waals surface area contributed by atoms with Crippen LogP contribution < -0.4 is 10.6 Å². The van der Waals surface area contributed by atoms with Crippen molar-refractivity contribution in [1.29, 1.82) is 0 Å². The number of benzene rings is 1. The molecule has 0 saturated carbocycles. The van der Waals surface area contributed by atoms with Crippen LogP contribution in [-0.4, -0.2) is 17.6 Å². The quantitative estimate of drug-likeness (QED) is 0.891. The number of nitrogens with one attached hydrogen (secondary N) is 2. The number of nitrogens with zero attached hydrogens (tertiary/aromatic N) is 1. The van der Waals surface area contributed by atoms with Crippen molar-refractivity contribution in [3.8, 4) is 0 Å². The van der Waals surface area contributed by atoms with E-state index < -0.39 is 0 Å². The van der Waals surface area contributed by atoms with E-state index in [1.165, 1.54) is 0 Å². The fourth-order valence-corrected chi connectivity index (χ4v) is 2.36. The molecule has 0 saturated heterocycles. The lowest BCUT2D eigenvalue weighted by Gasteiger charge is -2.07. The minimum atomic E-state index is -0.185. The summed E-state index contributed by atoms with van der Waals surface area (Å²) < 4.78 is 0. The van der Waals surface area contributed by atoms with E-state index >= 15 is 0 Å². The topological polar surface area (TPSA) is 54.0 Å². The van der Waals surface area contributed by atoms with Crippen LogP contribution >= 0.6 is 22.9 Å². The van der Waals surface area contributed by atoms with Crippen LogP contribution in [0.1, 0.15) is 11.3 Å². The number of amides is 2. The van der Waals surface area contributed by atoms with Crippen molar-refractivity contribution >= 4 is 29.0 Å². The van der Waals surface area contributed by atoms with Crippen LogP contribution in [0.25, 0.3) is 0 Å². The molecule has 0 atom stereocenters. The molecule has 2 rings (SSSR count). The number of hydrogen-bond acceptors (Lipinski definition) is 3. The second-order valence-electron chi connectivity index (χ2n) is 3.97. The molecule has 100 valence electrons. The van der Waals surface area contributed by atoms with E-state index in [1.807, 2.05) is 23.6 Å². The lowest BCUT2D eigenvalue weighted by molar-refractivity contribution is 0.240. The molecule has 0 spiro atoms. The van der Waals surface area contributed by atoms with E-state index in [2.05, 4.69) is 15.6 Å². The molecule has 0 aliphatic heterocycles. The fourth-order valence-electron chi connectivity index (χ4n) is 1.56. The summed E-state index contributed by atoms with van der Waals surface area (Å²) in [5.41, 5.74) is 3.76. The molecule has 0 bridgehead atoms. The lowest BCUT2D eigenvalue weighted by Crippen LogP contribution is -2.36. The Labute approximate surface area is 120 Å². The highest BCUT2D eigenvalue weighted by Gasteiger charge is 2.01. The Hall–Kier alpha value is -1.59. The van der Waals surface area contributed by atoms with E-state index in [9.17, 15) is 4.79 Å². The number of urea groups is 1. The Morgan fingerprint density at radius 1 is 1.37 bits per heavy atom. The minimum absolute atomic E-state index is 0.185. The Kier molecular flexibility index (Phi) is 5.18. The van der Waals surface area contributed by atoms with Gasteiger partial charge in [0.15, 0.2) is 0 Å². The van der Waals surface area contributed by atoms with Gasteiger partial charge in [-0.3, -0.25) is 0 Å². The van der Waals surface area contributed by atoms with Gasteiger partial charge in [0, 0.05) is 29.9 Å². The normalized spacial score (nSPS) is 10.2. The van der Waals surface area contributed by atoms with Gasteiger partial charge in [-0.2, -0.15) is 0 Å². The van der Waals surface area contributed by atoms with Crippen LogP contribution in [-0.2, 0) is 13.0 Å². The first kappa shape index (κ1) is 13.8. The predicted octanol–water partition coefficient (Wildman–Crippen LogP) is 2.84. The number of aromatic nitrogens is 1. The van der Waals surface area contributed by atoms with Gasteiger partial charge in [0.2, 0.25) is 0 Å². The number of rotatable bonds is 5. The monoisotopic (exact) mass is 295 g/mol. The van der Waals surface area contributed by atoms with Crippen molar-refractivity contribution in [2.24, 2.45) is 0 Å². The molecule has 2 N–H and O–H groups in total. The van der Waals surface area contributed by atoms with E-state index in [1.54, 1.807) is 22.9 Å². The molecule has 0 radical (unpaired) electrons. The lowest BCUT2D eigenvalue weighted by atomic mass is 10.2. The molecule has 0 unspecified atom stereocenters. The Morgan fingerprint density at radius 2 is 2.26 bits per heavy atom. The van der Waals surface area contributed by atoms with Gasteiger partial charge >= 0.3 is 6.03 Å². The van der Waals surface area contributed by atoms with Crippen LogP contribution in [0.5, 0.6) is 0 Å². The molecular formula is C13H14ClN3OS. The van der Waals surface area contributed by atoms with Crippen LogP contribution in [0.2, 0.25) is 5.02 Å². The molecule has 1 heterocycles. The number of carbonyl (C=O) groups is 1. The Bertz CT molecular complexity index is 530. The highest BCUT2D eigenvalue weighted by atomic mass is 35.5. The van der Waals surface area contributed by atoms with Gasteiger partial charge < -0.3 is 10.6 Å². The van der Waals surface area contributed by atoms with Gasteiger partial charge in [0.1, 0.15) is 0 Å². The number of thiazole rings is 1. The minimum Gasteiger partial charge on any atom is -0.338 e.